The summed E-state index contributed by atoms with van der Waals surface area (Å²) in [7, 11) is 3.09. The van der Waals surface area contributed by atoms with E-state index in [-0.39, 0.29) is 11.8 Å². The highest BCUT2D eigenvalue weighted by Crippen LogP contribution is 2.25. The Hall–Kier alpha value is -3.28. The van der Waals surface area contributed by atoms with E-state index in [0.717, 1.165) is 5.56 Å². The molecule has 2 N–H and O–H groups in total. The molecule has 2 aromatic carbocycles. The van der Waals surface area contributed by atoms with Crippen LogP contribution in [0.2, 0.25) is 0 Å². The maximum absolute atomic E-state index is 12.1. The molecule has 2 rings (SSSR count). The predicted molar refractivity (Wildman–Crippen MR) is 98.0 cm³/mol. The zero-order valence-corrected chi connectivity index (χ0v) is 14.3. The lowest BCUT2D eigenvalue weighted by Gasteiger charge is -2.08. The highest BCUT2D eigenvalue weighted by molar-refractivity contribution is 6.02. The molecule has 0 atom stereocenters. The maximum atomic E-state index is 12.1. The van der Waals surface area contributed by atoms with Crippen molar-refractivity contribution < 1.29 is 19.1 Å². The van der Waals surface area contributed by atoms with Crippen molar-refractivity contribution in [1.82, 2.24) is 0 Å². The summed E-state index contributed by atoms with van der Waals surface area (Å²) in [4.78, 5) is 23.0. The van der Waals surface area contributed by atoms with Crippen molar-refractivity contribution >= 4 is 29.3 Å². The van der Waals surface area contributed by atoms with Crippen LogP contribution >= 0.6 is 0 Å². The molecule has 2 amide bonds. The largest absolute Gasteiger partial charge is 0.497 e. The SMILES string of the molecule is COc1cc(NC(=O)/C=C/c2ccc(NC(C)=O)cc2)cc(OC)c1. The van der Waals surface area contributed by atoms with Gasteiger partial charge < -0.3 is 20.1 Å². The lowest BCUT2D eigenvalue weighted by molar-refractivity contribution is -0.114. The lowest BCUT2D eigenvalue weighted by atomic mass is 10.2. The van der Waals surface area contributed by atoms with Crippen LogP contribution in [0.5, 0.6) is 11.5 Å². The summed E-state index contributed by atoms with van der Waals surface area (Å²) >= 11 is 0. The van der Waals surface area contributed by atoms with Gasteiger partial charge in [0, 0.05) is 42.6 Å². The number of rotatable bonds is 6. The van der Waals surface area contributed by atoms with Gasteiger partial charge in [-0.25, -0.2) is 0 Å². The summed E-state index contributed by atoms with van der Waals surface area (Å²) in [5.74, 6) is 0.775. The molecule has 0 aliphatic carbocycles. The molecule has 0 aliphatic heterocycles. The third kappa shape index (κ3) is 5.69. The van der Waals surface area contributed by atoms with Gasteiger partial charge in [-0.15, -0.1) is 0 Å². The lowest BCUT2D eigenvalue weighted by Crippen LogP contribution is -2.08. The Morgan fingerprint density at radius 3 is 2.00 bits per heavy atom. The van der Waals surface area contributed by atoms with Gasteiger partial charge >= 0.3 is 0 Å². The summed E-state index contributed by atoms with van der Waals surface area (Å²) in [6, 6.07) is 12.3. The molecular formula is C19H20N2O4. The fourth-order valence-corrected chi connectivity index (χ4v) is 2.12. The maximum Gasteiger partial charge on any atom is 0.248 e. The van der Waals surface area contributed by atoms with Crippen LogP contribution < -0.4 is 20.1 Å². The molecule has 0 saturated heterocycles. The molecule has 2 aromatic rings. The Kier molecular flexibility index (Phi) is 6.17. The zero-order valence-electron chi connectivity index (χ0n) is 14.3. The fourth-order valence-electron chi connectivity index (χ4n) is 2.12. The van der Waals surface area contributed by atoms with E-state index in [1.807, 2.05) is 12.1 Å². The van der Waals surface area contributed by atoms with E-state index in [4.69, 9.17) is 9.47 Å². The molecule has 130 valence electrons. The van der Waals surface area contributed by atoms with Crippen LogP contribution in [0.4, 0.5) is 11.4 Å². The summed E-state index contributed by atoms with van der Waals surface area (Å²) in [5, 5.41) is 5.44. The third-order valence-electron chi connectivity index (χ3n) is 3.28. The Morgan fingerprint density at radius 1 is 0.880 bits per heavy atom. The highest BCUT2D eigenvalue weighted by Gasteiger charge is 2.04. The average molecular weight is 340 g/mol. The standard InChI is InChI=1S/C19H20N2O4/c1-13(22)20-15-7-4-14(5-8-15)6-9-19(23)21-16-10-17(24-2)12-18(11-16)25-3/h4-12H,1-3H3,(H,20,22)(H,21,23)/b9-6+. The number of hydrogen-bond acceptors (Lipinski definition) is 4. The smallest absolute Gasteiger partial charge is 0.248 e. The monoisotopic (exact) mass is 340 g/mol. The minimum Gasteiger partial charge on any atom is -0.497 e. The summed E-state index contributed by atoms with van der Waals surface area (Å²) in [6.45, 7) is 1.45. The first-order valence-electron chi connectivity index (χ1n) is 7.60. The van der Waals surface area contributed by atoms with Gasteiger partial charge in [0.2, 0.25) is 11.8 Å². The van der Waals surface area contributed by atoms with Crippen molar-refractivity contribution in [2.24, 2.45) is 0 Å². The van der Waals surface area contributed by atoms with Crippen molar-refractivity contribution in [2.75, 3.05) is 24.9 Å². The van der Waals surface area contributed by atoms with E-state index < -0.39 is 0 Å². The van der Waals surface area contributed by atoms with E-state index in [1.54, 1.807) is 50.6 Å². The Bertz CT molecular complexity index is 760. The number of benzene rings is 2. The molecule has 0 spiro atoms. The van der Waals surface area contributed by atoms with Gasteiger partial charge in [0.1, 0.15) is 11.5 Å². The van der Waals surface area contributed by atoms with Gasteiger partial charge in [-0.05, 0) is 23.8 Å². The number of hydrogen-bond donors (Lipinski definition) is 2. The first kappa shape index (κ1) is 18.1. The van der Waals surface area contributed by atoms with E-state index in [2.05, 4.69) is 10.6 Å². The van der Waals surface area contributed by atoms with Crippen LogP contribution in [0, 0.1) is 0 Å². The Morgan fingerprint density at radius 2 is 1.48 bits per heavy atom. The predicted octanol–water partition coefficient (Wildman–Crippen LogP) is 3.31. The molecule has 0 radical (unpaired) electrons. The van der Waals surface area contributed by atoms with Crippen molar-refractivity contribution in [3.05, 3.63) is 54.1 Å². The number of amides is 2. The van der Waals surface area contributed by atoms with Gasteiger partial charge in [0.15, 0.2) is 0 Å². The van der Waals surface area contributed by atoms with Crippen molar-refractivity contribution in [2.45, 2.75) is 6.92 Å². The molecule has 0 fully saturated rings. The minimum atomic E-state index is -0.277. The fraction of sp³-hybridized carbons (Fsp3) is 0.158. The number of methoxy groups -OCH3 is 2. The third-order valence-corrected chi connectivity index (χ3v) is 3.28. The minimum absolute atomic E-state index is 0.128. The van der Waals surface area contributed by atoms with Crippen molar-refractivity contribution in [3.8, 4) is 11.5 Å². The van der Waals surface area contributed by atoms with E-state index >= 15 is 0 Å². The molecule has 0 bridgehead atoms. The number of nitrogens with one attached hydrogen (secondary N) is 2. The van der Waals surface area contributed by atoms with E-state index in [1.165, 1.54) is 13.0 Å². The second-order valence-electron chi connectivity index (χ2n) is 5.23. The van der Waals surface area contributed by atoms with E-state index in [9.17, 15) is 9.59 Å². The van der Waals surface area contributed by atoms with Gasteiger partial charge in [-0.2, -0.15) is 0 Å². The molecule has 0 aliphatic rings. The van der Waals surface area contributed by atoms with Crippen molar-refractivity contribution in [1.29, 1.82) is 0 Å². The topological polar surface area (TPSA) is 76.7 Å². The van der Waals surface area contributed by atoms with Crippen LogP contribution in [0.15, 0.2) is 48.5 Å². The quantitative estimate of drug-likeness (QED) is 0.791. The van der Waals surface area contributed by atoms with Crippen LogP contribution in [-0.2, 0) is 9.59 Å². The number of ether oxygens (including phenoxy) is 2. The molecular weight excluding hydrogens is 320 g/mol. The first-order valence-corrected chi connectivity index (χ1v) is 7.60. The normalized spacial score (nSPS) is 10.4. The summed E-state index contributed by atoms with van der Waals surface area (Å²) in [6.07, 6.45) is 3.11. The van der Waals surface area contributed by atoms with Gasteiger partial charge in [-0.3, -0.25) is 9.59 Å². The Labute approximate surface area is 146 Å². The van der Waals surface area contributed by atoms with Crippen molar-refractivity contribution in [3.63, 3.8) is 0 Å². The van der Waals surface area contributed by atoms with E-state index in [0.29, 0.717) is 22.9 Å². The highest BCUT2D eigenvalue weighted by atomic mass is 16.5. The number of carbonyl (C=O) groups is 2. The average Bonchev–Trinajstić information content (AvgIpc) is 2.60. The molecule has 0 saturated carbocycles. The van der Waals surface area contributed by atoms with Crippen LogP contribution in [-0.4, -0.2) is 26.0 Å². The molecule has 6 nitrogen and oxygen atoms in total. The second-order valence-corrected chi connectivity index (χ2v) is 5.23. The summed E-state index contributed by atoms with van der Waals surface area (Å²) < 4.78 is 10.3. The summed E-state index contributed by atoms with van der Waals surface area (Å²) in [5.41, 5.74) is 2.12. The molecule has 0 unspecified atom stereocenters. The molecule has 0 aromatic heterocycles. The first-order chi connectivity index (χ1) is 12.0. The number of anilines is 2. The van der Waals surface area contributed by atoms with Crippen LogP contribution in [0.3, 0.4) is 0 Å². The zero-order chi connectivity index (χ0) is 18.2. The molecule has 0 heterocycles. The van der Waals surface area contributed by atoms with Crippen LogP contribution in [0.25, 0.3) is 6.08 Å². The van der Waals surface area contributed by atoms with Gasteiger partial charge in [0.25, 0.3) is 0 Å². The van der Waals surface area contributed by atoms with Crippen LogP contribution in [0.1, 0.15) is 12.5 Å². The van der Waals surface area contributed by atoms with Gasteiger partial charge in [0.05, 0.1) is 14.2 Å². The second kappa shape index (κ2) is 8.54. The number of carbonyl (C=O) groups excluding carboxylic acids is 2. The van der Waals surface area contributed by atoms with Gasteiger partial charge in [-0.1, -0.05) is 12.1 Å². The Balaban J connectivity index is 2.02. The molecule has 6 heteroatoms. The molecule has 25 heavy (non-hydrogen) atoms.